The quantitative estimate of drug-likeness (QED) is 0.772. The van der Waals surface area contributed by atoms with Crippen LogP contribution in [0.3, 0.4) is 0 Å². The number of fused-ring (bicyclic) bond motifs is 1. The predicted octanol–water partition coefficient (Wildman–Crippen LogP) is 4.58. The van der Waals surface area contributed by atoms with Crippen molar-refractivity contribution in [1.29, 1.82) is 0 Å². The van der Waals surface area contributed by atoms with Gasteiger partial charge in [-0.25, -0.2) is 0 Å². The Kier molecular flexibility index (Phi) is 5.14. The zero-order chi connectivity index (χ0) is 13.8. The second-order valence-electron chi connectivity index (χ2n) is 5.28. The van der Waals surface area contributed by atoms with E-state index in [0.717, 1.165) is 42.0 Å². The Morgan fingerprint density at radius 3 is 2.79 bits per heavy atom. The van der Waals surface area contributed by atoms with Gasteiger partial charge in [0.1, 0.15) is 0 Å². The topological polar surface area (TPSA) is 17.0 Å². The Bertz CT molecular complexity index is 546. The van der Waals surface area contributed by atoms with Crippen molar-refractivity contribution in [3.63, 3.8) is 0 Å². The number of rotatable bonds is 6. The maximum Gasteiger partial charge on any atom is 0.0514 e. The molecule has 4 heteroatoms. The van der Waals surface area contributed by atoms with Crippen molar-refractivity contribution in [1.82, 2.24) is 9.88 Å². The predicted molar refractivity (Wildman–Crippen MR) is 84.3 cm³/mol. The van der Waals surface area contributed by atoms with Crippen molar-refractivity contribution in [2.75, 3.05) is 13.1 Å². The standard InChI is InChI=1S/C15H20Cl2N2/c1-11(2)10-18-5-3-6-19-7-4-13-14(17)8-12(16)9-15(13)19/h4,7-9,11,18H,3,5-6,10H2,1-2H3. The molecule has 2 rings (SSSR count). The molecule has 0 unspecified atom stereocenters. The van der Waals surface area contributed by atoms with Crippen LogP contribution in [0.4, 0.5) is 0 Å². The van der Waals surface area contributed by atoms with Crippen molar-refractivity contribution in [2.45, 2.75) is 26.8 Å². The molecule has 0 fully saturated rings. The summed E-state index contributed by atoms with van der Waals surface area (Å²) in [7, 11) is 0. The summed E-state index contributed by atoms with van der Waals surface area (Å²) in [5.74, 6) is 0.699. The van der Waals surface area contributed by atoms with Gasteiger partial charge in [0.05, 0.1) is 10.5 Å². The second kappa shape index (κ2) is 6.65. The highest BCUT2D eigenvalue weighted by molar-refractivity contribution is 6.38. The number of nitrogens with zero attached hydrogens (tertiary/aromatic N) is 1. The minimum Gasteiger partial charge on any atom is -0.347 e. The molecule has 0 bridgehead atoms. The first-order valence-corrected chi connectivity index (χ1v) is 7.48. The van der Waals surface area contributed by atoms with Gasteiger partial charge in [0.15, 0.2) is 0 Å². The minimum absolute atomic E-state index is 0.690. The number of aryl methyl sites for hydroxylation is 1. The summed E-state index contributed by atoms with van der Waals surface area (Å²) >= 11 is 12.2. The van der Waals surface area contributed by atoms with Crippen LogP contribution in [0, 0.1) is 5.92 Å². The molecule has 1 heterocycles. The number of aromatic nitrogens is 1. The number of hydrogen-bond donors (Lipinski definition) is 1. The van der Waals surface area contributed by atoms with E-state index in [4.69, 9.17) is 23.2 Å². The van der Waals surface area contributed by atoms with Gasteiger partial charge in [-0.05, 0) is 43.6 Å². The van der Waals surface area contributed by atoms with E-state index in [1.54, 1.807) is 6.07 Å². The summed E-state index contributed by atoms with van der Waals surface area (Å²) in [6.45, 7) is 7.52. The molecule has 0 saturated carbocycles. The molecule has 1 aromatic heterocycles. The highest BCUT2D eigenvalue weighted by Gasteiger charge is 2.06. The third-order valence-electron chi connectivity index (χ3n) is 3.11. The van der Waals surface area contributed by atoms with Crippen LogP contribution < -0.4 is 5.32 Å². The fraction of sp³-hybridized carbons (Fsp3) is 0.467. The molecule has 104 valence electrons. The molecule has 0 radical (unpaired) electrons. The minimum atomic E-state index is 0.690. The normalized spacial score (nSPS) is 11.6. The van der Waals surface area contributed by atoms with Gasteiger partial charge in [-0.15, -0.1) is 0 Å². The van der Waals surface area contributed by atoms with Gasteiger partial charge in [0.25, 0.3) is 0 Å². The molecule has 0 aliphatic heterocycles. The van der Waals surface area contributed by atoms with E-state index >= 15 is 0 Å². The van der Waals surface area contributed by atoms with Crippen molar-refractivity contribution in [3.8, 4) is 0 Å². The average Bonchev–Trinajstić information content (AvgIpc) is 2.72. The largest absolute Gasteiger partial charge is 0.347 e. The lowest BCUT2D eigenvalue weighted by Crippen LogP contribution is -2.21. The Balaban J connectivity index is 1.98. The Hall–Kier alpha value is -0.700. The van der Waals surface area contributed by atoms with Gasteiger partial charge >= 0.3 is 0 Å². The smallest absolute Gasteiger partial charge is 0.0514 e. The summed E-state index contributed by atoms with van der Waals surface area (Å²) < 4.78 is 2.21. The SMILES string of the molecule is CC(C)CNCCCn1ccc2c(Cl)cc(Cl)cc21. The van der Waals surface area contributed by atoms with E-state index in [1.165, 1.54) is 0 Å². The molecule has 2 aromatic rings. The summed E-state index contributed by atoms with van der Waals surface area (Å²) in [6.07, 6.45) is 3.18. The Morgan fingerprint density at radius 2 is 2.05 bits per heavy atom. The molecule has 1 N–H and O–H groups in total. The van der Waals surface area contributed by atoms with Gasteiger partial charge in [-0.3, -0.25) is 0 Å². The first kappa shape index (κ1) is 14.7. The Morgan fingerprint density at radius 1 is 1.26 bits per heavy atom. The van der Waals surface area contributed by atoms with Gasteiger partial charge in [-0.1, -0.05) is 37.0 Å². The fourth-order valence-electron chi connectivity index (χ4n) is 2.18. The molecule has 0 aliphatic carbocycles. The lowest BCUT2D eigenvalue weighted by molar-refractivity contribution is 0.525. The fourth-order valence-corrected chi connectivity index (χ4v) is 2.72. The van der Waals surface area contributed by atoms with E-state index < -0.39 is 0 Å². The third kappa shape index (κ3) is 3.88. The highest BCUT2D eigenvalue weighted by Crippen LogP contribution is 2.28. The lowest BCUT2D eigenvalue weighted by atomic mass is 10.2. The molecule has 2 nitrogen and oxygen atoms in total. The van der Waals surface area contributed by atoms with Crippen molar-refractivity contribution >= 4 is 34.1 Å². The summed E-state index contributed by atoms with van der Waals surface area (Å²) in [5, 5.41) is 5.93. The van der Waals surface area contributed by atoms with Crippen LogP contribution in [0.15, 0.2) is 24.4 Å². The van der Waals surface area contributed by atoms with Crippen LogP contribution in [0.25, 0.3) is 10.9 Å². The summed E-state index contributed by atoms with van der Waals surface area (Å²) in [5.41, 5.74) is 1.11. The number of hydrogen-bond acceptors (Lipinski definition) is 1. The molecular weight excluding hydrogens is 279 g/mol. The third-order valence-corrected chi connectivity index (χ3v) is 3.64. The lowest BCUT2D eigenvalue weighted by Gasteiger charge is -2.09. The second-order valence-corrected chi connectivity index (χ2v) is 6.12. The van der Waals surface area contributed by atoms with E-state index in [1.807, 2.05) is 6.07 Å². The van der Waals surface area contributed by atoms with E-state index in [0.29, 0.717) is 10.9 Å². The van der Waals surface area contributed by atoms with Crippen LogP contribution in [0.2, 0.25) is 10.0 Å². The molecule has 19 heavy (non-hydrogen) atoms. The van der Waals surface area contributed by atoms with Crippen LogP contribution >= 0.6 is 23.2 Å². The molecule has 0 atom stereocenters. The van der Waals surface area contributed by atoms with Crippen molar-refractivity contribution in [3.05, 3.63) is 34.4 Å². The van der Waals surface area contributed by atoms with Crippen LogP contribution in [-0.4, -0.2) is 17.7 Å². The van der Waals surface area contributed by atoms with Gasteiger partial charge in [0, 0.05) is 23.2 Å². The summed E-state index contributed by atoms with van der Waals surface area (Å²) in [6, 6.07) is 5.82. The molecule has 0 saturated heterocycles. The number of halogens is 2. The zero-order valence-corrected chi connectivity index (χ0v) is 12.9. The molecule has 0 spiro atoms. The maximum absolute atomic E-state index is 6.18. The van der Waals surface area contributed by atoms with Crippen molar-refractivity contribution in [2.24, 2.45) is 5.92 Å². The van der Waals surface area contributed by atoms with E-state index in [-0.39, 0.29) is 0 Å². The Labute approximate surface area is 124 Å². The zero-order valence-electron chi connectivity index (χ0n) is 11.4. The monoisotopic (exact) mass is 298 g/mol. The van der Waals surface area contributed by atoms with Crippen LogP contribution in [-0.2, 0) is 6.54 Å². The van der Waals surface area contributed by atoms with Gasteiger partial charge in [-0.2, -0.15) is 0 Å². The average molecular weight is 299 g/mol. The molecule has 0 amide bonds. The number of nitrogens with one attached hydrogen (secondary N) is 1. The first-order valence-electron chi connectivity index (χ1n) is 6.72. The van der Waals surface area contributed by atoms with E-state index in [2.05, 4.69) is 36.0 Å². The highest BCUT2D eigenvalue weighted by atomic mass is 35.5. The van der Waals surface area contributed by atoms with Crippen LogP contribution in [0.1, 0.15) is 20.3 Å². The molecule has 0 aliphatic rings. The van der Waals surface area contributed by atoms with E-state index in [9.17, 15) is 0 Å². The van der Waals surface area contributed by atoms with Gasteiger partial charge < -0.3 is 9.88 Å². The molecule has 1 aromatic carbocycles. The first-order chi connectivity index (χ1) is 9.08. The van der Waals surface area contributed by atoms with Crippen LogP contribution in [0.5, 0.6) is 0 Å². The van der Waals surface area contributed by atoms with Gasteiger partial charge in [0.2, 0.25) is 0 Å². The summed E-state index contributed by atoms with van der Waals surface area (Å²) in [4.78, 5) is 0. The van der Waals surface area contributed by atoms with Crippen molar-refractivity contribution < 1.29 is 0 Å². The molecular formula is C15H20Cl2N2. The maximum atomic E-state index is 6.18. The number of benzene rings is 1.